The highest BCUT2D eigenvalue weighted by Crippen LogP contribution is 2.11. The first-order chi connectivity index (χ1) is 11.3. The largest absolute Gasteiger partial charge is 0.311 e. The fraction of sp³-hybridized carbons (Fsp3) is 0.316. The summed E-state index contributed by atoms with van der Waals surface area (Å²) in [6.07, 6.45) is 12.1. The maximum Gasteiger partial charge on any atom is 0.225 e. The van der Waals surface area contributed by atoms with Gasteiger partial charge < -0.3 is 5.32 Å². The van der Waals surface area contributed by atoms with Crippen molar-refractivity contribution in [1.82, 2.24) is 9.97 Å². The topological polar surface area (TPSA) is 54.9 Å². The van der Waals surface area contributed by atoms with Crippen molar-refractivity contribution in [2.75, 3.05) is 5.32 Å². The lowest BCUT2D eigenvalue weighted by molar-refractivity contribution is -0.116. The zero-order valence-electron chi connectivity index (χ0n) is 13.5. The molecule has 0 aliphatic heterocycles. The van der Waals surface area contributed by atoms with Gasteiger partial charge in [0.25, 0.3) is 0 Å². The Morgan fingerprint density at radius 2 is 2.22 bits per heavy atom. The molecule has 1 aromatic heterocycles. The minimum atomic E-state index is -0.0346. The number of hydrogen-bond acceptors (Lipinski definition) is 3. The lowest BCUT2D eigenvalue weighted by atomic mass is 10.1. The van der Waals surface area contributed by atoms with Crippen molar-refractivity contribution >= 4 is 17.8 Å². The molecule has 0 spiro atoms. The monoisotopic (exact) mass is 309 g/mol. The number of unbranched alkanes of at least 4 members (excludes halogenated alkanes) is 2. The zero-order valence-corrected chi connectivity index (χ0v) is 13.5. The van der Waals surface area contributed by atoms with Crippen molar-refractivity contribution in [3.63, 3.8) is 0 Å². The molecule has 2 aromatic rings. The number of anilines is 1. The number of aromatic nitrogens is 2. The normalized spacial score (nSPS) is 10.8. The van der Waals surface area contributed by atoms with Crippen LogP contribution in [0.1, 0.15) is 43.7 Å². The summed E-state index contributed by atoms with van der Waals surface area (Å²) in [6, 6.07) is 10.0. The Kier molecular flexibility index (Phi) is 6.98. The molecule has 0 aliphatic rings. The molecule has 2 rings (SSSR count). The third-order valence-electron chi connectivity index (χ3n) is 3.48. The molecular weight excluding hydrogens is 286 g/mol. The number of carbonyl (C=O) groups excluding carboxylic acids is 1. The standard InChI is InChI=1S/C19H23N3O/c1-2-3-4-5-7-16-8-6-9-17(14-16)10-11-19(23)22-18-12-13-20-15-21-18/h5-9,12-15H,2-4,10-11H2,1H3,(H,20,21,22,23). The van der Waals surface area contributed by atoms with Crippen LogP contribution < -0.4 is 5.32 Å². The van der Waals surface area contributed by atoms with Crippen LogP contribution >= 0.6 is 0 Å². The van der Waals surface area contributed by atoms with Gasteiger partial charge in [0.15, 0.2) is 0 Å². The molecule has 0 atom stereocenters. The first-order valence-electron chi connectivity index (χ1n) is 8.09. The quantitative estimate of drug-likeness (QED) is 0.742. The predicted octanol–water partition coefficient (Wildman–Crippen LogP) is 4.25. The van der Waals surface area contributed by atoms with Gasteiger partial charge in [-0.25, -0.2) is 9.97 Å². The third-order valence-corrected chi connectivity index (χ3v) is 3.48. The third kappa shape index (κ3) is 6.43. The predicted molar refractivity (Wildman–Crippen MR) is 94.0 cm³/mol. The van der Waals surface area contributed by atoms with Gasteiger partial charge in [0.1, 0.15) is 12.1 Å². The van der Waals surface area contributed by atoms with E-state index in [1.54, 1.807) is 12.3 Å². The van der Waals surface area contributed by atoms with Gasteiger partial charge in [-0.3, -0.25) is 4.79 Å². The van der Waals surface area contributed by atoms with E-state index in [4.69, 9.17) is 0 Å². The smallest absolute Gasteiger partial charge is 0.225 e. The van der Waals surface area contributed by atoms with Crippen LogP contribution in [-0.2, 0) is 11.2 Å². The van der Waals surface area contributed by atoms with Crippen LogP contribution in [-0.4, -0.2) is 15.9 Å². The molecule has 1 heterocycles. The van der Waals surface area contributed by atoms with Crippen LogP contribution in [0.25, 0.3) is 6.08 Å². The molecule has 0 radical (unpaired) electrons. The average Bonchev–Trinajstić information content (AvgIpc) is 2.58. The van der Waals surface area contributed by atoms with Crippen LogP contribution in [0.5, 0.6) is 0 Å². The highest BCUT2D eigenvalue weighted by atomic mass is 16.1. The Balaban J connectivity index is 1.83. The molecule has 0 saturated heterocycles. The molecule has 1 aromatic carbocycles. The zero-order chi connectivity index (χ0) is 16.3. The SMILES string of the molecule is CCCCC=Cc1cccc(CCC(=O)Nc2ccncn2)c1. The number of nitrogens with zero attached hydrogens (tertiary/aromatic N) is 2. The number of aryl methyl sites for hydroxylation is 1. The summed E-state index contributed by atoms with van der Waals surface area (Å²) in [5.41, 5.74) is 2.36. The van der Waals surface area contributed by atoms with E-state index in [0.29, 0.717) is 18.7 Å². The minimum Gasteiger partial charge on any atom is -0.311 e. The number of carbonyl (C=O) groups is 1. The summed E-state index contributed by atoms with van der Waals surface area (Å²) in [5.74, 6) is 0.505. The molecule has 0 fully saturated rings. The second-order valence-corrected chi connectivity index (χ2v) is 5.43. The maximum atomic E-state index is 11.9. The Morgan fingerprint density at radius 1 is 1.30 bits per heavy atom. The molecular formula is C19H23N3O. The fourth-order valence-corrected chi connectivity index (χ4v) is 2.22. The van der Waals surface area contributed by atoms with E-state index in [2.05, 4.69) is 52.6 Å². The van der Waals surface area contributed by atoms with E-state index in [0.717, 1.165) is 6.42 Å². The van der Waals surface area contributed by atoms with E-state index in [-0.39, 0.29) is 5.91 Å². The lowest BCUT2D eigenvalue weighted by Crippen LogP contribution is -2.13. The van der Waals surface area contributed by atoms with Crippen LogP contribution in [0, 0.1) is 0 Å². The second kappa shape index (κ2) is 9.51. The van der Waals surface area contributed by atoms with Crippen molar-refractivity contribution in [2.45, 2.75) is 39.0 Å². The van der Waals surface area contributed by atoms with Gasteiger partial charge in [-0.1, -0.05) is 56.2 Å². The van der Waals surface area contributed by atoms with E-state index in [1.807, 2.05) is 6.07 Å². The summed E-state index contributed by atoms with van der Waals surface area (Å²) in [4.78, 5) is 19.7. The van der Waals surface area contributed by atoms with Gasteiger partial charge in [-0.2, -0.15) is 0 Å². The van der Waals surface area contributed by atoms with Crippen molar-refractivity contribution in [3.8, 4) is 0 Å². The average molecular weight is 309 g/mol. The molecule has 120 valence electrons. The molecule has 0 aliphatic carbocycles. The van der Waals surface area contributed by atoms with Crippen LogP contribution in [0.3, 0.4) is 0 Å². The highest BCUT2D eigenvalue weighted by Gasteiger charge is 2.04. The maximum absolute atomic E-state index is 11.9. The number of amides is 1. The van der Waals surface area contributed by atoms with E-state index in [1.165, 1.54) is 30.3 Å². The highest BCUT2D eigenvalue weighted by molar-refractivity contribution is 5.89. The molecule has 4 heteroatoms. The minimum absolute atomic E-state index is 0.0346. The van der Waals surface area contributed by atoms with Crippen molar-refractivity contribution in [3.05, 3.63) is 60.1 Å². The summed E-state index contributed by atoms with van der Waals surface area (Å²) in [6.45, 7) is 2.20. The van der Waals surface area contributed by atoms with Gasteiger partial charge in [-0.05, 0) is 30.0 Å². The first-order valence-corrected chi connectivity index (χ1v) is 8.09. The van der Waals surface area contributed by atoms with Crippen LogP contribution in [0.4, 0.5) is 5.82 Å². The number of nitrogens with one attached hydrogen (secondary N) is 1. The molecule has 4 nitrogen and oxygen atoms in total. The van der Waals surface area contributed by atoms with Crippen LogP contribution in [0.15, 0.2) is 48.9 Å². The van der Waals surface area contributed by atoms with E-state index in [9.17, 15) is 4.79 Å². The number of allylic oxidation sites excluding steroid dienone is 1. The molecule has 0 unspecified atom stereocenters. The summed E-state index contributed by atoms with van der Waals surface area (Å²) >= 11 is 0. The van der Waals surface area contributed by atoms with Crippen LogP contribution in [0.2, 0.25) is 0 Å². The van der Waals surface area contributed by atoms with Gasteiger partial charge in [0.2, 0.25) is 5.91 Å². The summed E-state index contributed by atoms with van der Waals surface area (Å²) in [5, 5.41) is 2.77. The first kappa shape index (κ1) is 16.9. The Labute approximate surface area is 137 Å². The van der Waals surface area contributed by atoms with Gasteiger partial charge >= 0.3 is 0 Å². The van der Waals surface area contributed by atoms with Gasteiger partial charge in [0, 0.05) is 12.6 Å². The molecule has 23 heavy (non-hydrogen) atoms. The molecule has 1 N–H and O–H groups in total. The lowest BCUT2D eigenvalue weighted by Gasteiger charge is -2.05. The molecule has 0 saturated carbocycles. The van der Waals surface area contributed by atoms with Crippen molar-refractivity contribution in [2.24, 2.45) is 0 Å². The number of benzene rings is 1. The molecule has 1 amide bonds. The van der Waals surface area contributed by atoms with Crippen molar-refractivity contribution < 1.29 is 4.79 Å². The number of hydrogen-bond donors (Lipinski definition) is 1. The Hall–Kier alpha value is -2.49. The van der Waals surface area contributed by atoms with Gasteiger partial charge in [0.05, 0.1) is 0 Å². The fourth-order valence-electron chi connectivity index (χ4n) is 2.22. The van der Waals surface area contributed by atoms with E-state index >= 15 is 0 Å². The Bertz CT molecular complexity index is 638. The van der Waals surface area contributed by atoms with Gasteiger partial charge in [-0.15, -0.1) is 0 Å². The number of rotatable bonds is 8. The molecule has 0 bridgehead atoms. The Morgan fingerprint density at radius 3 is 3.00 bits per heavy atom. The summed E-state index contributed by atoms with van der Waals surface area (Å²) < 4.78 is 0. The second-order valence-electron chi connectivity index (χ2n) is 5.43. The van der Waals surface area contributed by atoms with Crippen molar-refractivity contribution in [1.29, 1.82) is 0 Å². The van der Waals surface area contributed by atoms with E-state index < -0.39 is 0 Å². The summed E-state index contributed by atoms with van der Waals surface area (Å²) in [7, 11) is 0.